The summed E-state index contributed by atoms with van der Waals surface area (Å²) in [4.78, 5) is 24.3. The van der Waals surface area contributed by atoms with Crippen LogP contribution >= 0.6 is 23.2 Å². The molecule has 0 saturated heterocycles. The molecule has 0 aliphatic heterocycles. The first-order valence-electron chi connectivity index (χ1n) is 10.9. The van der Waals surface area contributed by atoms with Gasteiger partial charge < -0.3 is 15.0 Å². The summed E-state index contributed by atoms with van der Waals surface area (Å²) in [6, 6.07) is 22.1. The maximum absolute atomic E-state index is 12.2. The zero-order chi connectivity index (χ0) is 24.8. The van der Waals surface area contributed by atoms with Gasteiger partial charge in [-0.3, -0.25) is 9.59 Å². The van der Waals surface area contributed by atoms with Gasteiger partial charge in [0.25, 0.3) is 5.91 Å². The first-order chi connectivity index (χ1) is 16.9. The number of benzene rings is 3. The number of para-hydroxylation sites is 1. The van der Waals surface area contributed by atoms with Crippen LogP contribution in [0, 0.1) is 0 Å². The molecular weight excluding hydrogens is 487 g/mol. The minimum Gasteiger partial charge on any atom is -0.493 e. The Bertz CT molecular complexity index is 1400. The molecule has 3 aromatic carbocycles. The molecule has 0 fully saturated rings. The molecule has 0 spiro atoms. The number of nitrogens with zero attached hydrogens (tertiary/aromatic N) is 3. The van der Waals surface area contributed by atoms with Gasteiger partial charge in [0, 0.05) is 11.8 Å². The molecule has 0 aliphatic carbocycles. The number of carbonyl (C=O) groups is 2. The van der Waals surface area contributed by atoms with E-state index in [4.69, 9.17) is 23.2 Å². The Kier molecular flexibility index (Phi) is 7.80. The Morgan fingerprint density at radius 3 is 2.43 bits per heavy atom. The standard InChI is InChI=1S/C26H22Cl2N4O3/c27-20-12-10-18(14-21(20)28)16-32-22-9-5-4-8-19(22)25(26(32)35)31-30-24(34)15-29-23(33)13-11-17-6-2-1-3-7-17/h1-10,12,14,35H,11,13,15-16H2,(H,29,33). The molecule has 7 nitrogen and oxygen atoms in total. The first-order valence-corrected chi connectivity index (χ1v) is 11.7. The van der Waals surface area contributed by atoms with Gasteiger partial charge in [-0.1, -0.05) is 77.8 Å². The summed E-state index contributed by atoms with van der Waals surface area (Å²) < 4.78 is 1.65. The molecule has 0 radical (unpaired) electrons. The Balaban J connectivity index is 1.44. The summed E-state index contributed by atoms with van der Waals surface area (Å²) >= 11 is 12.1. The number of hydrogen-bond acceptors (Lipinski definition) is 4. The van der Waals surface area contributed by atoms with Crippen molar-refractivity contribution in [3.8, 4) is 5.88 Å². The van der Waals surface area contributed by atoms with Crippen molar-refractivity contribution in [2.45, 2.75) is 19.4 Å². The van der Waals surface area contributed by atoms with Gasteiger partial charge in [0.1, 0.15) is 6.54 Å². The van der Waals surface area contributed by atoms with Crippen molar-refractivity contribution in [1.29, 1.82) is 0 Å². The lowest BCUT2D eigenvalue weighted by molar-refractivity contribution is -0.124. The summed E-state index contributed by atoms with van der Waals surface area (Å²) in [7, 11) is 0. The van der Waals surface area contributed by atoms with Crippen LogP contribution in [0.15, 0.2) is 83.0 Å². The lowest BCUT2D eigenvalue weighted by Crippen LogP contribution is -2.28. The van der Waals surface area contributed by atoms with Crippen LogP contribution in [0.2, 0.25) is 10.0 Å². The number of halogens is 2. The van der Waals surface area contributed by atoms with Crippen LogP contribution in [0.3, 0.4) is 0 Å². The summed E-state index contributed by atoms with van der Waals surface area (Å²) in [5, 5.41) is 22.6. The van der Waals surface area contributed by atoms with E-state index in [0.717, 1.165) is 11.1 Å². The van der Waals surface area contributed by atoms with E-state index >= 15 is 0 Å². The van der Waals surface area contributed by atoms with Crippen molar-refractivity contribution in [3.05, 3.63) is 94.0 Å². The Hall–Kier alpha value is -3.68. The molecule has 4 aromatic rings. The Morgan fingerprint density at radius 1 is 0.914 bits per heavy atom. The second kappa shape index (κ2) is 11.2. The fourth-order valence-electron chi connectivity index (χ4n) is 3.66. The third-order valence-corrected chi connectivity index (χ3v) is 6.16. The molecule has 0 aliphatic rings. The predicted molar refractivity (Wildman–Crippen MR) is 136 cm³/mol. The summed E-state index contributed by atoms with van der Waals surface area (Å²) in [6.45, 7) is 0.0317. The van der Waals surface area contributed by atoms with Gasteiger partial charge in [0.2, 0.25) is 11.8 Å². The number of amides is 2. The van der Waals surface area contributed by atoms with Gasteiger partial charge in [-0.05, 0) is 35.7 Å². The van der Waals surface area contributed by atoms with E-state index in [1.165, 1.54) is 0 Å². The highest BCUT2D eigenvalue weighted by atomic mass is 35.5. The fourth-order valence-corrected chi connectivity index (χ4v) is 3.98. The van der Waals surface area contributed by atoms with Gasteiger partial charge in [-0.15, -0.1) is 10.2 Å². The minimum atomic E-state index is -0.626. The van der Waals surface area contributed by atoms with Crippen molar-refractivity contribution in [2.75, 3.05) is 6.54 Å². The van der Waals surface area contributed by atoms with Crippen molar-refractivity contribution >= 4 is 51.6 Å². The molecule has 1 aromatic heterocycles. The van der Waals surface area contributed by atoms with E-state index in [2.05, 4.69) is 15.5 Å². The van der Waals surface area contributed by atoms with E-state index in [-0.39, 0.29) is 30.4 Å². The predicted octanol–water partition coefficient (Wildman–Crippen LogP) is 6.06. The highest BCUT2D eigenvalue weighted by Gasteiger charge is 2.17. The molecule has 9 heteroatoms. The van der Waals surface area contributed by atoms with Gasteiger partial charge in [0.15, 0.2) is 5.69 Å². The quantitative estimate of drug-likeness (QED) is 0.283. The summed E-state index contributed by atoms with van der Waals surface area (Å²) in [5.41, 5.74) is 2.76. The number of nitrogens with one attached hydrogen (secondary N) is 1. The monoisotopic (exact) mass is 508 g/mol. The zero-order valence-electron chi connectivity index (χ0n) is 18.6. The molecule has 0 saturated carbocycles. The second-order valence-electron chi connectivity index (χ2n) is 7.88. The van der Waals surface area contributed by atoms with Gasteiger partial charge in [-0.25, -0.2) is 0 Å². The third-order valence-electron chi connectivity index (χ3n) is 5.42. The van der Waals surface area contributed by atoms with Crippen LogP contribution in [-0.2, 0) is 22.6 Å². The lowest BCUT2D eigenvalue weighted by Gasteiger charge is -2.08. The van der Waals surface area contributed by atoms with Crippen LogP contribution < -0.4 is 5.32 Å². The second-order valence-corrected chi connectivity index (χ2v) is 8.69. The normalized spacial score (nSPS) is 11.3. The minimum absolute atomic E-state index is 0.138. The SMILES string of the molecule is O=C(CNC(=O)CCc1ccccc1)N=Nc1c(O)n(Cc2ccc(Cl)c(Cl)c2)c2ccccc12. The third kappa shape index (κ3) is 6.07. The van der Waals surface area contributed by atoms with E-state index in [0.29, 0.717) is 33.9 Å². The molecule has 178 valence electrons. The summed E-state index contributed by atoms with van der Waals surface area (Å²) in [5.74, 6) is -1.02. The molecule has 0 unspecified atom stereocenters. The molecule has 2 amide bonds. The average Bonchev–Trinajstić information content (AvgIpc) is 3.13. The number of rotatable bonds is 8. The number of aromatic nitrogens is 1. The van der Waals surface area contributed by atoms with Gasteiger partial charge in [-0.2, -0.15) is 0 Å². The number of fused-ring (bicyclic) bond motifs is 1. The van der Waals surface area contributed by atoms with Crippen molar-refractivity contribution in [1.82, 2.24) is 9.88 Å². The van der Waals surface area contributed by atoms with E-state index in [1.54, 1.807) is 28.8 Å². The largest absolute Gasteiger partial charge is 0.493 e. The van der Waals surface area contributed by atoms with Crippen molar-refractivity contribution in [3.63, 3.8) is 0 Å². The first kappa shape index (κ1) is 24.4. The maximum atomic E-state index is 12.2. The van der Waals surface area contributed by atoms with E-state index < -0.39 is 5.91 Å². The van der Waals surface area contributed by atoms with Gasteiger partial charge >= 0.3 is 0 Å². The van der Waals surface area contributed by atoms with Crippen LogP contribution in [-0.4, -0.2) is 28.0 Å². The highest BCUT2D eigenvalue weighted by molar-refractivity contribution is 6.42. The Labute approximate surface area is 212 Å². The van der Waals surface area contributed by atoms with Gasteiger partial charge in [0.05, 0.1) is 22.1 Å². The molecule has 4 rings (SSSR count). The zero-order valence-corrected chi connectivity index (χ0v) is 20.1. The Morgan fingerprint density at radius 2 is 1.66 bits per heavy atom. The number of hydrogen-bond donors (Lipinski definition) is 2. The molecular formula is C26H22Cl2N4O3. The van der Waals surface area contributed by atoms with Crippen molar-refractivity contribution < 1.29 is 14.7 Å². The smallest absolute Gasteiger partial charge is 0.283 e. The van der Waals surface area contributed by atoms with E-state index in [1.807, 2.05) is 48.5 Å². The van der Waals surface area contributed by atoms with Crippen LogP contribution in [0.5, 0.6) is 5.88 Å². The number of aromatic hydroxyl groups is 1. The number of aryl methyl sites for hydroxylation is 1. The topological polar surface area (TPSA) is 96.1 Å². The molecule has 0 atom stereocenters. The van der Waals surface area contributed by atoms with E-state index in [9.17, 15) is 14.7 Å². The molecule has 0 bridgehead atoms. The fraction of sp³-hybridized carbons (Fsp3) is 0.154. The maximum Gasteiger partial charge on any atom is 0.283 e. The van der Waals surface area contributed by atoms with Crippen molar-refractivity contribution in [2.24, 2.45) is 10.2 Å². The number of carbonyl (C=O) groups excluding carboxylic acids is 2. The van der Waals surface area contributed by atoms with Crippen LogP contribution in [0.25, 0.3) is 10.9 Å². The average molecular weight is 509 g/mol. The molecule has 35 heavy (non-hydrogen) atoms. The van der Waals surface area contributed by atoms with Crippen LogP contribution in [0.1, 0.15) is 17.5 Å². The summed E-state index contributed by atoms with van der Waals surface area (Å²) in [6.07, 6.45) is 0.839. The number of azo groups is 1. The molecule has 1 heterocycles. The van der Waals surface area contributed by atoms with Crippen LogP contribution in [0.4, 0.5) is 5.69 Å². The highest BCUT2D eigenvalue weighted by Crippen LogP contribution is 2.39. The molecule has 2 N–H and O–H groups in total. The lowest BCUT2D eigenvalue weighted by atomic mass is 10.1.